The highest BCUT2D eigenvalue weighted by Crippen LogP contribution is 2.36. The zero-order valence-corrected chi connectivity index (χ0v) is 15.2. The number of pyridine rings is 1. The molecule has 0 bridgehead atoms. The van der Waals surface area contributed by atoms with Crippen LogP contribution < -0.4 is 9.47 Å². The Morgan fingerprint density at radius 2 is 1.92 bits per heavy atom. The van der Waals surface area contributed by atoms with Gasteiger partial charge in [-0.25, -0.2) is 9.78 Å². The second-order valence-electron chi connectivity index (χ2n) is 4.56. The molecular weight excluding hydrogens is 377 g/mol. The molecule has 24 heavy (non-hydrogen) atoms. The van der Waals surface area contributed by atoms with Crippen LogP contribution in [-0.4, -0.2) is 24.7 Å². The monoisotopic (exact) mass is 389 g/mol. The number of hydrogen-bond donors (Lipinski definition) is 0. The molecule has 2 aromatic rings. The average molecular weight is 391 g/mol. The summed E-state index contributed by atoms with van der Waals surface area (Å²) in [6, 6.07) is 6.07. The fourth-order valence-electron chi connectivity index (χ4n) is 1.90. The molecule has 0 atom stereocenters. The van der Waals surface area contributed by atoms with Crippen LogP contribution in [0, 0.1) is 0 Å². The zero-order chi connectivity index (χ0) is 17.7. The minimum absolute atomic E-state index is 0.120. The number of benzene rings is 1. The predicted molar refractivity (Wildman–Crippen MR) is 92.5 cm³/mol. The van der Waals surface area contributed by atoms with Crippen molar-refractivity contribution in [3.63, 3.8) is 0 Å². The molecule has 8 heteroatoms. The maximum atomic E-state index is 12.2. The Morgan fingerprint density at radius 1 is 1.17 bits per heavy atom. The molecule has 0 N–H and O–H groups in total. The second-order valence-corrected chi connectivity index (χ2v) is 5.76. The lowest BCUT2D eigenvalue weighted by Gasteiger charge is -2.13. The Labute approximate surface area is 154 Å². The Bertz CT molecular complexity index is 752. The molecule has 0 spiro atoms. The van der Waals surface area contributed by atoms with Crippen LogP contribution in [0.2, 0.25) is 15.2 Å². The first-order valence-corrected chi connectivity index (χ1v) is 8.08. The van der Waals surface area contributed by atoms with E-state index >= 15 is 0 Å². The molecule has 0 aliphatic heterocycles. The molecule has 0 radical (unpaired) electrons. The standard InChI is InChI=1S/C16H14Cl3NO4/c1-3-23-15-11(18)6-9(7-13(15)22-2)16(21)24-8-12-10(17)4-5-14(19)20-12/h4-7H,3,8H2,1-2H3. The molecule has 0 saturated carbocycles. The summed E-state index contributed by atoms with van der Waals surface area (Å²) in [5.41, 5.74) is 0.583. The normalized spacial score (nSPS) is 10.4. The Hall–Kier alpha value is -1.69. The Morgan fingerprint density at radius 3 is 2.58 bits per heavy atom. The van der Waals surface area contributed by atoms with Crippen LogP contribution >= 0.6 is 34.8 Å². The molecule has 0 aliphatic rings. The first-order valence-electron chi connectivity index (χ1n) is 6.94. The van der Waals surface area contributed by atoms with Crippen molar-refractivity contribution in [2.45, 2.75) is 13.5 Å². The van der Waals surface area contributed by atoms with E-state index in [4.69, 9.17) is 49.0 Å². The van der Waals surface area contributed by atoms with Gasteiger partial charge < -0.3 is 14.2 Å². The number of rotatable bonds is 6. The van der Waals surface area contributed by atoms with Gasteiger partial charge in [-0.1, -0.05) is 34.8 Å². The number of ether oxygens (including phenoxy) is 3. The van der Waals surface area contributed by atoms with Crippen molar-refractivity contribution in [3.05, 3.63) is 50.7 Å². The number of carbonyl (C=O) groups is 1. The Balaban J connectivity index is 2.17. The van der Waals surface area contributed by atoms with Crippen LogP contribution in [0.4, 0.5) is 0 Å². The Kier molecular flexibility index (Phi) is 6.54. The maximum Gasteiger partial charge on any atom is 0.338 e. The van der Waals surface area contributed by atoms with Crippen LogP contribution in [-0.2, 0) is 11.3 Å². The molecular formula is C16H14Cl3NO4. The van der Waals surface area contributed by atoms with Crippen molar-refractivity contribution in [2.24, 2.45) is 0 Å². The highest BCUT2D eigenvalue weighted by Gasteiger charge is 2.17. The minimum atomic E-state index is -0.601. The van der Waals surface area contributed by atoms with E-state index in [2.05, 4.69) is 4.98 Å². The SMILES string of the molecule is CCOc1c(Cl)cc(C(=O)OCc2nc(Cl)ccc2Cl)cc1OC. The third kappa shape index (κ3) is 4.44. The molecule has 0 saturated heterocycles. The van der Waals surface area contributed by atoms with Gasteiger partial charge in [0.05, 0.1) is 35.0 Å². The third-order valence-electron chi connectivity index (χ3n) is 2.98. The molecule has 5 nitrogen and oxygen atoms in total. The van der Waals surface area contributed by atoms with Gasteiger partial charge in [-0.2, -0.15) is 0 Å². The lowest BCUT2D eigenvalue weighted by molar-refractivity contribution is 0.0467. The summed E-state index contributed by atoms with van der Waals surface area (Å²) in [4.78, 5) is 16.2. The van der Waals surface area contributed by atoms with Crippen molar-refractivity contribution in [1.29, 1.82) is 0 Å². The van der Waals surface area contributed by atoms with Gasteiger partial charge in [-0.3, -0.25) is 0 Å². The quantitative estimate of drug-likeness (QED) is 0.523. The fourth-order valence-corrected chi connectivity index (χ4v) is 2.49. The maximum absolute atomic E-state index is 12.2. The molecule has 0 aliphatic carbocycles. The van der Waals surface area contributed by atoms with E-state index in [-0.39, 0.29) is 22.3 Å². The number of methoxy groups -OCH3 is 1. The van der Waals surface area contributed by atoms with Crippen LogP contribution in [0.1, 0.15) is 23.0 Å². The largest absolute Gasteiger partial charge is 0.493 e. The van der Waals surface area contributed by atoms with Crippen molar-refractivity contribution in [2.75, 3.05) is 13.7 Å². The highest BCUT2D eigenvalue weighted by atomic mass is 35.5. The van der Waals surface area contributed by atoms with Crippen molar-refractivity contribution in [3.8, 4) is 11.5 Å². The van der Waals surface area contributed by atoms with Gasteiger partial charge in [0.25, 0.3) is 0 Å². The number of halogens is 3. The molecule has 128 valence electrons. The van der Waals surface area contributed by atoms with E-state index in [0.717, 1.165) is 0 Å². The summed E-state index contributed by atoms with van der Waals surface area (Å²) < 4.78 is 15.8. The minimum Gasteiger partial charge on any atom is -0.493 e. The van der Waals surface area contributed by atoms with Crippen LogP contribution in [0.15, 0.2) is 24.3 Å². The molecule has 1 heterocycles. The zero-order valence-electron chi connectivity index (χ0n) is 12.9. The van der Waals surface area contributed by atoms with Gasteiger partial charge in [-0.05, 0) is 31.2 Å². The summed E-state index contributed by atoms with van der Waals surface area (Å²) in [5.74, 6) is 0.115. The van der Waals surface area contributed by atoms with Crippen molar-refractivity contribution in [1.82, 2.24) is 4.98 Å². The van der Waals surface area contributed by atoms with E-state index in [1.54, 1.807) is 12.1 Å². The van der Waals surface area contributed by atoms with Crippen molar-refractivity contribution < 1.29 is 19.0 Å². The van der Waals surface area contributed by atoms with E-state index in [9.17, 15) is 4.79 Å². The molecule has 1 aromatic heterocycles. The van der Waals surface area contributed by atoms with E-state index < -0.39 is 5.97 Å². The molecule has 0 amide bonds. The summed E-state index contributed by atoms with van der Waals surface area (Å²) in [6.07, 6.45) is 0. The van der Waals surface area contributed by atoms with Gasteiger partial charge in [0.15, 0.2) is 11.5 Å². The molecule has 1 aromatic carbocycles. The van der Waals surface area contributed by atoms with Crippen LogP contribution in [0.3, 0.4) is 0 Å². The van der Waals surface area contributed by atoms with E-state index in [1.165, 1.54) is 19.2 Å². The van der Waals surface area contributed by atoms with Gasteiger partial charge in [-0.15, -0.1) is 0 Å². The van der Waals surface area contributed by atoms with Crippen molar-refractivity contribution >= 4 is 40.8 Å². The van der Waals surface area contributed by atoms with Gasteiger partial charge in [0.2, 0.25) is 0 Å². The number of hydrogen-bond acceptors (Lipinski definition) is 5. The fraction of sp³-hybridized carbons (Fsp3) is 0.250. The van der Waals surface area contributed by atoms with E-state index in [0.29, 0.717) is 28.8 Å². The van der Waals surface area contributed by atoms with Crippen LogP contribution in [0.5, 0.6) is 11.5 Å². The lowest BCUT2D eigenvalue weighted by Crippen LogP contribution is -2.08. The number of esters is 1. The van der Waals surface area contributed by atoms with Crippen LogP contribution in [0.25, 0.3) is 0 Å². The highest BCUT2D eigenvalue weighted by molar-refractivity contribution is 6.33. The summed E-state index contributed by atoms with van der Waals surface area (Å²) in [6.45, 7) is 2.11. The third-order valence-corrected chi connectivity index (χ3v) is 3.81. The summed E-state index contributed by atoms with van der Waals surface area (Å²) in [7, 11) is 1.46. The van der Waals surface area contributed by atoms with Gasteiger partial charge in [0, 0.05) is 0 Å². The summed E-state index contributed by atoms with van der Waals surface area (Å²) >= 11 is 17.9. The second kappa shape index (κ2) is 8.42. The van der Waals surface area contributed by atoms with Gasteiger partial charge >= 0.3 is 5.97 Å². The lowest BCUT2D eigenvalue weighted by atomic mass is 10.2. The number of aromatic nitrogens is 1. The predicted octanol–water partition coefficient (Wildman–Crippen LogP) is 4.81. The number of carbonyl (C=O) groups excluding carboxylic acids is 1. The van der Waals surface area contributed by atoms with Gasteiger partial charge in [0.1, 0.15) is 11.8 Å². The smallest absolute Gasteiger partial charge is 0.338 e. The first kappa shape index (κ1) is 18.6. The molecule has 2 rings (SSSR count). The topological polar surface area (TPSA) is 57.7 Å². The average Bonchev–Trinajstić information content (AvgIpc) is 2.57. The number of nitrogens with zero attached hydrogens (tertiary/aromatic N) is 1. The summed E-state index contributed by atoms with van der Waals surface area (Å²) in [5, 5.41) is 0.868. The molecule has 0 fully saturated rings. The molecule has 0 unspecified atom stereocenters. The first-order chi connectivity index (χ1) is 11.5. The van der Waals surface area contributed by atoms with E-state index in [1.807, 2.05) is 6.92 Å².